The van der Waals surface area contributed by atoms with Crippen LogP contribution in [0, 0.1) is 0 Å². The quantitative estimate of drug-likeness (QED) is 0.457. The van der Waals surface area contributed by atoms with Gasteiger partial charge in [-0.25, -0.2) is 0 Å². The highest BCUT2D eigenvalue weighted by atomic mass is 32.2. The summed E-state index contributed by atoms with van der Waals surface area (Å²) in [6.07, 6.45) is 5.36. The molecule has 1 amide bonds. The highest BCUT2D eigenvalue weighted by molar-refractivity contribution is 8.15. The largest absolute Gasteiger partial charge is 0.360 e. The van der Waals surface area contributed by atoms with E-state index in [1.807, 2.05) is 24.5 Å². The number of amides is 1. The first kappa shape index (κ1) is 11.1. The van der Waals surface area contributed by atoms with Gasteiger partial charge in [-0.15, -0.1) is 24.4 Å². The van der Waals surface area contributed by atoms with Crippen molar-refractivity contribution in [2.75, 3.05) is 6.26 Å². The number of thioether (sulfide) groups is 1. The Morgan fingerprint density at radius 3 is 2.36 bits per heavy atom. The summed E-state index contributed by atoms with van der Waals surface area (Å²) in [4.78, 5) is 11.2. The van der Waals surface area contributed by atoms with Gasteiger partial charge in [0.15, 0.2) is 12.4 Å². The van der Waals surface area contributed by atoms with Crippen LogP contribution in [-0.2, 0) is 4.79 Å². The third-order valence-electron chi connectivity index (χ3n) is 1.60. The number of thiol groups is 1. The number of carbonyl (C=O) groups is 1. The molecule has 1 rings (SSSR count). The van der Waals surface area contributed by atoms with E-state index in [9.17, 15) is 4.79 Å². The van der Waals surface area contributed by atoms with Crippen molar-refractivity contribution in [1.82, 2.24) is 0 Å². The van der Waals surface area contributed by atoms with E-state index >= 15 is 0 Å². The molecule has 0 spiro atoms. The van der Waals surface area contributed by atoms with Gasteiger partial charge in [0.05, 0.1) is 0 Å². The molecule has 0 bridgehead atoms. The lowest BCUT2D eigenvalue weighted by molar-refractivity contribution is -0.577. The van der Waals surface area contributed by atoms with Crippen LogP contribution in [-0.4, -0.2) is 12.2 Å². The third-order valence-corrected chi connectivity index (χ3v) is 2.94. The molecule has 1 aromatic heterocycles. The number of hydrogen-bond donors (Lipinski definition) is 2. The first-order valence-electron chi connectivity index (χ1n) is 3.90. The smallest absolute Gasteiger partial charge is 0.315 e. The zero-order chi connectivity index (χ0) is 10.6. The van der Waals surface area contributed by atoms with Crippen LogP contribution in [0.2, 0.25) is 0 Å². The zero-order valence-electron chi connectivity index (χ0n) is 7.68. The van der Waals surface area contributed by atoms with E-state index < -0.39 is 5.91 Å². The van der Waals surface area contributed by atoms with Crippen molar-refractivity contribution < 1.29 is 9.36 Å². The van der Waals surface area contributed by atoms with E-state index in [1.54, 1.807) is 17.0 Å². The van der Waals surface area contributed by atoms with Crippen molar-refractivity contribution in [1.29, 1.82) is 0 Å². The molecular weight excluding hydrogens is 216 g/mol. The molecule has 3 nitrogen and oxygen atoms in total. The van der Waals surface area contributed by atoms with E-state index in [1.165, 1.54) is 11.8 Å². The molecule has 0 saturated carbocycles. The second kappa shape index (κ2) is 5.07. The maximum Gasteiger partial charge on any atom is 0.315 e. The summed E-state index contributed by atoms with van der Waals surface area (Å²) in [7, 11) is 0. The van der Waals surface area contributed by atoms with E-state index in [2.05, 4.69) is 12.6 Å². The lowest BCUT2D eigenvalue weighted by atomic mass is 10.4. The van der Waals surface area contributed by atoms with E-state index in [0.717, 1.165) is 0 Å². The van der Waals surface area contributed by atoms with Gasteiger partial charge in [-0.3, -0.25) is 4.79 Å². The van der Waals surface area contributed by atoms with Gasteiger partial charge in [-0.1, -0.05) is 6.07 Å². The Hall–Kier alpha value is -0.940. The summed E-state index contributed by atoms with van der Waals surface area (Å²) in [6.45, 7) is 0. The second-order valence-electron chi connectivity index (χ2n) is 2.50. The van der Waals surface area contributed by atoms with Gasteiger partial charge in [0.2, 0.25) is 0 Å². The van der Waals surface area contributed by atoms with Crippen molar-refractivity contribution in [2.45, 2.75) is 0 Å². The molecule has 74 valence electrons. The first-order valence-corrected chi connectivity index (χ1v) is 5.57. The number of hydrogen-bond acceptors (Lipinski definition) is 3. The van der Waals surface area contributed by atoms with Crippen molar-refractivity contribution in [3.63, 3.8) is 0 Å². The fraction of sp³-hybridized carbons (Fsp3) is 0.111. The van der Waals surface area contributed by atoms with E-state index in [4.69, 9.17) is 5.73 Å². The van der Waals surface area contributed by atoms with Gasteiger partial charge in [0, 0.05) is 12.1 Å². The van der Waals surface area contributed by atoms with Crippen molar-refractivity contribution in [3.05, 3.63) is 34.8 Å². The molecule has 0 aliphatic carbocycles. The second-order valence-corrected chi connectivity index (χ2v) is 4.07. The molecule has 0 fully saturated rings. The van der Waals surface area contributed by atoms with Crippen LogP contribution in [0.4, 0.5) is 0 Å². The fourth-order valence-electron chi connectivity index (χ4n) is 0.987. The highest BCUT2D eigenvalue weighted by Gasteiger charge is 2.20. The summed E-state index contributed by atoms with van der Waals surface area (Å²) in [5, 5.41) is 0. The Morgan fingerprint density at radius 2 is 1.93 bits per heavy atom. The summed E-state index contributed by atoms with van der Waals surface area (Å²) < 4.78 is 2.26. The van der Waals surface area contributed by atoms with Crippen LogP contribution in [0.1, 0.15) is 0 Å². The zero-order valence-corrected chi connectivity index (χ0v) is 9.39. The lowest BCUT2D eigenvalue weighted by Gasteiger charge is -1.99. The van der Waals surface area contributed by atoms with Crippen LogP contribution in [0.5, 0.6) is 0 Å². The molecule has 2 N–H and O–H groups in total. The molecule has 0 aromatic carbocycles. The van der Waals surface area contributed by atoms with Gasteiger partial charge in [0.25, 0.3) is 5.70 Å². The van der Waals surface area contributed by atoms with Crippen LogP contribution in [0.15, 0.2) is 34.8 Å². The Balaban J connectivity index is 3.21. The SMILES string of the molecule is CS/C(S)=C(\C(N)=O)[n+]1ccccc1. The molecule has 0 saturated heterocycles. The molecule has 0 aliphatic heterocycles. The van der Waals surface area contributed by atoms with E-state index in [0.29, 0.717) is 9.93 Å². The molecule has 0 unspecified atom stereocenters. The van der Waals surface area contributed by atoms with Crippen molar-refractivity contribution in [3.8, 4) is 0 Å². The Kier molecular flexibility index (Phi) is 4.03. The monoisotopic (exact) mass is 227 g/mol. The average Bonchev–Trinajstić information content (AvgIpc) is 2.19. The van der Waals surface area contributed by atoms with Crippen molar-refractivity contribution in [2.24, 2.45) is 5.73 Å². The van der Waals surface area contributed by atoms with Crippen LogP contribution < -0.4 is 10.3 Å². The number of pyridine rings is 1. The summed E-state index contributed by atoms with van der Waals surface area (Å²) in [6, 6.07) is 5.51. The lowest BCUT2D eigenvalue weighted by Crippen LogP contribution is -2.38. The normalized spacial score (nSPS) is 12.1. The summed E-state index contributed by atoms with van der Waals surface area (Å²) in [5.74, 6) is -0.486. The van der Waals surface area contributed by atoms with Gasteiger partial charge in [-0.05, 0) is 6.26 Å². The standard InChI is InChI=1S/C9H10N2OS2/c1-14-9(13)7(8(10)12)11-5-3-2-4-6-11/h2-6H,1H3,(H2-,10,12,13)/p+1. The minimum atomic E-state index is -0.486. The summed E-state index contributed by atoms with van der Waals surface area (Å²) in [5.41, 5.74) is 5.66. The first-order chi connectivity index (χ1) is 6.66. The minimum absolute atomic E-state index is 0.390. The molecule has 14 heavy (non-hydrogen) atoms. The maximum absolute atomic E-state index is 11.2. The predicted molar refractivity (Wildman–Crippen MR) is 61.5 cm³/mol. The van der Waals surface area contributed by atoms with Gasteiger partial charge in [0.1, 0.15) is 4.24 Å². The van der Waals surface area contributed by atoms with Gasteiger partial charge >= 0.3 is 5.91 Å². The number of nitrogens with zero attached hydrogens (tertiary/aromatic N) is 1. The molecular formula is C9H11N2OS2+. The topological polar surface area (TPSA) is 47.0 Å². The van der Waals surface area contributed by atoms with Gasteiger partial charge < -0.3 is 5.73 Å². The molecule has 0 radical (unpaired) electrons. The van der Waals surface area contributed by atoms with Gasteiger partial charge in [-0.2, -0.15) is 4.57 Å². The number of nitrogens with two attached hydrogens (primary N) is 1. The van der Waals surface area contributed by atoms with Crippen LogP contribution in [0.25, 0.3) is 5.70 Å². The maximum atomic E-state index is 11.2. The van der Waals surface area contributed by atoms with E-state index in [-0.39, 0.29) is 0 Å². The third kappa shape index (κ3) is 2.52. The predicted octanol–water partition coefficient (Wildman–Crippen LogP) is 0.878. The van der Waals surface area contributed by atoms with Crippen LogP contribution in [0.3, 0.4) is 0 Å². The molecule has 1 heterocycles. The number of rotatable bonds is 3. The molecule has 0 atom stereocenters. The summed E-state index contributed by atoms with van der Waals surface area (Å²) >= 11 is 5.57. The minimum Gasteiger partial charge on any atom is -0.360 e. The highest BCUT2D eigenvalue weighted by Crippen LogP contribution is 2.20. The Labute approximate surface area is 92.4 Å². The fourth-order valence-corrected chi connectivity index (χ4v) is 1.61. The van der Waals surface area contributed by atoms with Crippen LogP contribution >= 0.6 is 24.4 Å². The number of primary amides is 1. The van der Waals surface area contributed by atoms with Crippen molar-refractivity contribution >= 4 is 36.0 Å². The Bertz CT molecular complexity index is 362. The number of carbonyl (C=O) groups excluding carboxylic acids is 1. The average molecular weight is 227 g/mol. The Morgan fingerprint density at radius 1 is 1.36 bits per heavy atom. The molecule has 5 heteroatoms. The number of aromatic nitrogens is 1. The molecule has 0 aliphatic rings. The molecule has 1 aromatic rings.